The van der Waals surface area contributed by atoms with E-state index >= 15 is 0 Å². The van der Waals surface area contributed by atoms with Gasteiger partial charge in [-0.2, -0.15) is 0 Å². The van der Waals surface area contributed by atoms with E-state index in [-0.39, 0.29) is 6.04 Å². The van der Waals surface area contributed by atoms with Gasteiger partial charge in [0, 0.05) is 24.6 Å². The number of ether oxygens (including phenoxy) is 3. The van der Waals surface area contributed by atoms with Gasteiger partial charge in [0.2, 0.25) is 0 Å². The fourth-order valence-electron chi connectivity index (χ4n) is 3.10. The highest BCUT2D eigenvalue weighted by molar-refractivity contribution is 5.40. The molecule has 0 spiro atoms. The minimum atomic E-state index is 0.256. The van der Waals surface area contributed by atoms with E-state index in [9.17, 15) is 0 Å². The normalized spacial score (nSPS) is 23.6. The van der Waals surface area contributed by atoms with Crippen LogP contribution in [0.2, 0.25) is 0 Å². The average molecular weight is 279 g/mol. The molecular weight excluding hydrogens is 254 g/mol. The van der Waals surface area contributed by atoms with Crippen LogP contribution in [0.15, 0.2) is 18.2 Å². The molecule has 3 unspecified atom stereocenters. The van der Waals surface area contributed by atoms with Crippen molar-refractivity contribution < 1.29 is 14.2 Å². The zero-order valence-corrected chi connectivity index (χ0v) is 12.8. The van der Waals surface area contributed by atoms with Crippen molar-refractivity contribution in [3.8, 4) is 11.5 Å². The second kappa shape index (κ2) is 6.95. The van der Waals surface area contributed by atoms with Gasteiger partial charge in [-0.15, -0.1) is 0 Å². The Hall–Kier alpha value is -1.26. The minimum absolute atomic E-state index is 0.256. The number of hydrogen-bond donors (Lipinski definition) is 1. The van der Waals surface area contributed by atoms with Gasteiger partial charge < -0.3 is 19.5 Å². The van der Waals surface area contributed by atoms with Crippen molar-refractivity contribution in [2.75, 3.05) is 27.9 Å². The summed E-state index contributed by atoms with van der Waals surface area (Å²) >= 11 is 0. The molecule has 1 heterocycles. The van der Waals surface area contributed by atoms with Crippen molar-refractivity contribution >= 4 is 0 Å². The van der Waals surface area contributed by atoms with E-state index in [0.29, 0.717) is 12.0 Å². The maximum Gasteiger partial charge on any atom is 0.122 e. The maximum atomic E-state index is 5.83. The van der Waals surface area contributed by atoms with E-state index in [1.165, 1.54) is 5.56 Å². The van der Waals surface area contributed by atoms with Crippen LogP contribution in [0, 0.1) is 5.92 Å². The van der Waals surface area contributed by atoms with Crippen molar-refractivity contribution in [2.24, 2.45) is 5.92 Å². The molecule has 0 aliphatic carbocycles. The smallest absolute Gasteiger partial charge is 0.122 e. The fraction of sp³-hybridized carbons (Fsp3) is 0.625. The Bertz CT molecular complexity index is 413. The topological polar surface area (TPSA) is 39.7 Å². The van der Waals surface area contributed by atoms with Crippen LogP contribution < -0.4 is 14.8 Å². The van der Waals surface area contributed by atoms with Crippen LogP contribution in [-0.2, 0) is 4.74 Å². The lowest BCUT2D eigenvalue weighted by Crippen LogP contribution is -2.30. The largest absolute Gasteiger partial charge is 0.497 e. The molecule has 0 bridgehead atoms. The predicted molar refractivity (Wildman–Crippen MR) is 79.5 cm³/mol. The zero-order chi connectivity index (χ0) is 14.5. The first kappa shape index (κ1) is 15.1. The monoisotopic (exact) mass is 279 g/mol. The molecule has 0 radical (unpaired) electrons. The van der Waals surface area contributed by atoms with Crippen LogP contribution in [0.1, 0.15) is 31.4 Å². The number of nitrogens with one attached hydrogen (secondary N) is 1. The summed E-state index contributed by atoms with van der Waals surface area (Å²) < 4.78 is 16.6. The Morgan fingerprint density at radius 3 is 2.40 bits per heavy atom. The van der Waals surface area contributed by atoms with Gasteiger partial charge in [-0.05, 0) is 37.6 Å². The van der Waals surface area contributed by atoms with Crippen molar-refractivity contribution in [3.63, 3.8) is 0 Å². The van der Waals surface area contributed by atoms with Gasteiger partial charge in [0.25, 0.3) is 0 Å². The van der Waals surface area contributed by atoms with Crippen molar-refractivity contribution in [3.05, 3.63) is 23.8 Å². The molecule has 3 atom stereocenters. The molecule has 0 saturated carbocycles. The van der Waals surface area contributed by atoms with E-state index in [2.05, 4.69) is 24.4 Å². The first-order valence-corrected chi connectivity index (χ1v) is 7.25. The van der Waals surface area contributed by atoms with Crippen LogP contribution in [0.3, 0.4) is 0 Å². The van der Waals surface area contributed by atoms with Crippen LogP contribution in [0.25, 0.3) is 0 Å². The number of hydrogen-bond acceptors (Lipinski definition) is 4. The Kier molecular flexibility index (Phi) is 5.26. The van der Waals surface area contributed by atoms with E-state index in [1.807, 2.05) is 13.1 Å². The number of benzene rings is 1. The quantitative estimate of drug-likeness (QED) is 0.869. The van der Waals surface area contributed by atoms with Crippen LogP contribution >= 0.6 is 0 Å². The third-order valence-electron chi connectivity index (χ3n) is 4.14. The molecule has 1 aromatic rings. The highest BCUT2D eigenvalue weighted by atomic mass is 16.5. The molecule has 2 rings (SSSR count). The summed E-state index contributed by atoms with van der Waals surface area (Å²) in [6.45, 7) is 3.03. The van der Waals surface area contributed by atoms with Gasteiger partial charge in [0.05, 0.1) is 20.3 Å². The number of rotatable bonds is 6. The summed E-state index contributed by atoms with van der Waals surface area (Å²) in [6.07, 6.45) is 2.46. The summed E-state index contributed by atoms with van der Waals surface area (Å²) in [6, 6.07) is 6.31. The molecule has 1 fully saturated rings. The summed E-state index contributed by atoms with van der Waals surface area (Å²) in [4.78, 5) is 0. The molecule has 4 heteroatoms. The van der Waals surface area contributed by atoms with Crippen molar-refractivity contribution in [1.82, 2.24) is 5.32 Å². The Balaban J connectivity index is 2.30. The van der Waals surface area contributed by atoms with Gasteiger partial charge in [0.15, 0.2) is 0 Å². The van der Waals surface area contributed by atoms with E-state index in [0.717, 1.165) is 30.9 Å². The molecule has 1 saturated heterocycles. The van der Waals surface area contributed by atoms with E-state index in [1.54, 1.807) is 14.2 Å². The Morgan fingerprint density at radius 1 is 1.25 bits per heavy atom. The number of methoxy groups -OCH3 is 2. The maximum absolute atomic E-state index is 5.83. The highest BCUT2D eigenvalue weighted by Gasteiger charge is 2.34. The lowest BCUT2D eigenvalue weighted by atomic mass is 9.86. The van der Waals surface area contributed by atoms with Gasteiger partial charge in [-0.1, -0.05) is 6.92 Å². The Labute approximate surface area is 121 Å². The summed E-state index contributed by atoms with van der Waals surface area (Å²) in [5, 5.41) is 3.44. The van der Waals surface area contributed by atoms with Crippen LogP contribution in [-0.4, -0.2) is 34.0 Å². The minimum Gasteiger partial charge on any atom is -0.497 e. The van der Waals surface area contributed by atoms with Gasteiger partial charge in [-0.25, -0.2) is 0 Å². The lowest BCUT2D eigenvalue weighted by Gasteiger charge is -2.27. The highest BCUT2D eigenvalue weighted by Crippen LogP contribution is 2.37. The molecule has 4 nitrogen and oxygen atoms in total. The van der Waals surface area contributed by atoms with E-state index < -0.39 is 0 Å². The zero-order valence-electron chi connectivity index (χ0n) is 12.8. The average Bonchev–Trinajstić information content (AvgIpc) is 2.96. The van der Waals surface area contributed by atoms with Gasteiger partial charge in [0.1, 0.15) is 11.5 Å². The summed E-state index contributed by atoms with van der Waals surface area (Å²) in [5.41, 5.74) is 1.19. The van der Waals surface area contributed by atoms with Crippen molar-refractivity contribution in [1.29, 1.82) is 0 Å². The standard InChI is InChI=1S/C16H25NO3/c1-5-15-14(6-7-20-15)16(17-2)11-8-12(18-3)10-13(9-11)19-4/h8-10,14-17H,5-7H2,1-4H3. The second-order valence-electron chi connectivity index (χ2n) is 5.18. The first-order valence-electron chi connectivity index (χ1n) is 7.25. The lowest BCUT2D eigenvalue weighted by molar-refractivity contribution is 0.0782. The molecule has 1 aromatic carbocycles. The fourth-order valence-corrected chi connectivity index (χ4v) is 3.10. The molecule has 0 aromatic heterocycles. The van der Waals surface area contributed by atoms with Crippen LogP contribution in [0.5, 0.6) is 11.5 Å². The van der Waals surface area contributed by atoms with Gasteiger partial charge >= 0.3 is 0 Å². The summed E-state index contributed by atoms with van der Waals surface area (Å²) in [7, 11) is 5.36. The summed E-state index contributed by atoms with van der Waals surface area (Å²) in [5.74, 6) is 2.14. The third kappa shape index (κ3) is 3.07. The predicted octanol–water partition coefficient (Wildman–Crippen LogP) is 2.78. The molecule has 1 aliphatic rings. The third-order valence-corrected chi connectivity index (χ3v) is 4.14. The second-order valence-corrected chi connectivity index (χ2v) is 5.18. The van der Waals surface area contributed by atoms with Crippen molar-refractivity contribution in [2.45, 2.75) is 31.9 Å². The van der Waals surface area contributed by atoms with E-state index in [4.69, 9.17) is 14.2 Å². The molecule has 112 valence electrons. The van der Waals surface area contributed by atoms with Crippen LogP contribution in [0.4, 0.5) is 0 Å². The molecule has 20 heavy (non-hydrogen) atoms. The first-order chi connectivity index (χ1) is 9.73. The molecule has 0 amide bonds. The van der Waals surface area contributed by atoms with Gasteiger partial charge in [-0.3, -0.25) is 0 Å². The molecule has 1 aliphatic heterocycles. The molecular formula is C16H25NO3. The molecule has 1 N–H and O–H groups in total. The SMILES string of the molecule is CCC1OCCC1C(NC)c1cc(OC)cc(OC)c1. The Morgan fingerprint density at radius 2 is 1.90 bits per heavy atom.